The summed E-state index contributed by atoms with van der Waals surface area (Å²) < 4.78 is 10.9. The van der Waals surface area contributed by atoms with Crippen LogP contribution in [0, 0.1) is 0 Å². The van der Waals surface area contributed by atoms with Crippen LogP contribution < -0.4 is 20.1 Å². The monoisotopic (exact) mass is 310 g/mol. The zero-order valence-corrected chi connectivity index (χ0v) is 12.5. The average Bonchev–Trinajstić information content (AvgIpc) is 2.53. The summed E-state index contributed by atoms with van der Waals surface area (Å²) in [5.41, 5.74) is 1.87. The van der Waals surface area contributed by atoms with E-state index in [-0.39, 0.29) is 18.3 Å². The van der Waals surface area contributed by atoms with Crippen LogP contribution in [-0.2, 0) is 0 Å². The molecule has 0 atom stereocenters. The third kappa shape index (κ3) is 3.89. The van der Waals surface area contributed by atoms with Crippen molar-refractivity contribution in [3.05, 3.63) is 35.4 Å². The average molecular weight is 311 g/mol. The maximum Gasteiger partial charge on any atom is 0.251 e. The number of hydrogen-bond acceptors (Lipinski definition) is 4. The van der Waals surface area contributed by atoms with E-state index in [4.69, 9.17) is 9.47 Å². The van der Waals surface area contributed by atoms with E-state index in [1.807, 2.05) is 0 Å². The Kier molecular flexibility index (Phi) is 5.47. The van der Waals surface area contributed by atoms with Crippen LogP contribution >= 0.6 is 12.4 Å². The molecule has 0 bridgehead atoms. The van der Waals surface area contributed by atoms with Crippen LogP contribution in [0.2, 0.25) is 0 Å². The van der Waals surface area contributed by atoms with E-state index in [9.17, 15) is 4.79 Å². The molecule has 1 amide bonds. The van der Waals surface area contributed by atoms with Gasteiger partial charge in [-0.05, 0) is 31.2 Å². The smallest absolute Gasteiger partial charge is 0.251 e. The van der Waals surface area contributed by atoms with Crippen molar-refractivity contribution >= 4 is 18.3 Å². The van der Waals surface area contributed by atoms with Crippen LogP contribution in [0.15, 0.2) is 29.8 Å². The highest BCUT2D eigenvalue weighted by molar-refractivity contribution is 5.95. The molecule has 0 aromatic heterocycles. The van der Waals surface area contributed by atoms with E-state index in [2.05, 4.69) is 16.7 Å². The molecule has 0 unspecified atom stereocenters. The summed E-state index contributed by atoms with van der Waals surface area (Å²) in [5, 5.41) is 6.19. The van der Waals surface area contributed by atoms with Gasteiger partial charge < -0.3 is 20.1 Å². The Morgan fingerprint density at radius 3 is 2.81 bits per heavy atom. The molecule has 2 heterocycles. The highest BCUT2D eigenvalue weighted by atomic mass is 35.5. The summed E-state index contributed by atoms with van der Waals surface area (Å²) in [6, 6.07) is 5.29. The number of amides is 1. The predicted octanol–water partition coefficient (Wildman–Crippen LogP) is 1.53. The lowest BCUT2D eigenvalue weighted by molar-refractivity contribution is 0.0955. The molecule has 0 radical (unpaired) electrons. The molecule has 0 saturated heterocycles. The van der Waals surface area contributed by atoms with Gasteiger partial charge in [0.15, 0.2) is 11.5 Å². The normalized spacial score (nSPS) is 16.5. The fourth-order valence-electron chi connectivity index (χ4n) is 2.31. The number of hydrogen-bond donors (Lipinski definition) is 2. The molecule has 0 spiro atoms. The maximum atomic E-state index is 12.1. The Balaban J connectivity index is 0.00000161. The summed E-state index contributed by atoms with van der Waals surface area (Å²) in [5.74, 6) is 1.26. The molecule has 21 heavy (non-hydrogen) atoms. The second-order valence-electron chi connectivity index (χ2n) is 4.86. The van der Waals surface area contributed by atoms with Gasteiger partial charge in [0.2, 0.25) is 0 Å². The summed E-state index contributed by atoms with van der Waals surface area (Å²) >= 11 is 0. The minimum Gasteiger partial charge on any atom is -0.486 e. The number of rotatable bonds is 3. The van der Waals surface area contributed by atoms with Crippen LogP contribution in [-0.4, -0.2) is 38.8 Å². The quantitative estimate of drug-likeness (QED) is 0.831. The lowest BCUT2D eigenvalue weighted by Crippen LogP contribution is -2.29. The molecule has 2 aliphatic heterocycles. The van der Waals surface area contributed by atoms with Gasteiger partial charge in [-0.25, -0.2) is 0 Å². The van der Waals surface area contributed by atoms with Gasteiger partial charge in [-0.15, -0.1) is 12.4 Å². The molecule has 1 aromatic rings. The van der Waals surface area contributed by atoms with Crippen LogP contribution in [0.1, 0.15) is 16.8 Å². The van der Waals surface area contributed by atoms with E-state index < -0.39 is 0 Å². The van der Waals surface area contributed by atoms with Gasteiger partial charge in [-0.1, -0.05) is 11.6 Å². The number of carbonyl (C=O) groups excluding carboxylic acids is 1. The van der Waals surface area contributed by atoms with E-state index in [0.29, 0.717) is 36.8 Å². The molecular formula is C15H19ClN2O3. The molecule has 5 nitrogen and oxygen atoms in total. The first-order valence-corrected chi connectivity index (χ1v) is 6.89. The molecule has 2 aliphatic rings. The standard InChI is InChI=1S/C15H18N2O3.ClH/c18-15(17-10-11-3-5-16-6-4-11)12-1-2-13-14(9-12)20-8-7-19-13;/h1-3,9,16H,4-8,10H2,(H,17,18);1H. The Morgan fingerprint density at radius 1 is 1.24 bits per heavy atom. The lowest BCUT2D eigenvalue weighted by Gasteiger charge is -2.19. The van der Waals surface area contributed by atoms with Crippen molar-refractivity contribution in [2.45, 2.75) is 6.42 Å². The molecule has 0 saturated carbocycles. The Bertz CT molecular complexity index is 546. The van der Waals surface area contributed by atoms with Gasteiger partial charge >= 0.3 is 0 Å². The van der Waals surface area contributed by atoms with Gasteiger partial charge in [0.25, 0.3) is 5.91 Å². The Morgan fingerprint density at radius 2 is 2.05 bits per heavy atom. The molecule has 0 fully saturated rings. The lowest BCUT2D eigenvalue weighted by atomic mass is 10.1. The summed E-state index contributed by atoms with van der Waals surface area (Å²) in [6.07, 6.45) is 3.12. The number of fused-ring (bicyclic) bond motifs is 1. The Labute approximate surface area is 130 Å². The minimum atomic E-state index is -0.0820. The predicted molar refractivity (Wildman–Crippen MR) is 82.6 cm³/mol. The fourth-order valence-corrected chi connectivity index (χ4v) is 2.31. The van der Waals surface area contributed by atoms with Gasteiger partial charge in [-0.2, -0.15) is 0 Å². The minimum absolute atomic E-state index is 0. The van der Waals surface area contributed by atoms with E-state index in [1.54, 1.807) is 18.2 Å². The number of carbonyl (C=O) groups is 1. The van der Waals surface area contributed by atoms with Gasteiger partial charge in [0.1, 0.15) is 13.2 Å². The zero-order chi connectivity index (χ0) is 13.8. The SMILES string of the molecule is Cl.O=C(NCC1=CCNCC1)c1ccc2c(c1)OCCO2. The first-order chi connectivity index (χ1) is 9.83. The van der Waals surface area contributed by atoms with E-state index in [1.165, 1.54) is 5.57 Å². The molecule has 2 N–H and O–H groups in total. The third-order valence-electron chi connectivity index (χ3n) is 3.44. The fraction of sp³-hybridized carbons (Fsp3) is 0.400. The first-order valence-electron chi connectivity index (χ1n) is 6.89. The summed E-state index contributed by atoms with van der Waals surface area (Å²) in [7, 11) is 0. The van der Waals surface area contributed by atoms with Crippen LogP contribution in [0.25, 0.3) is 0 Å². The number of nitrogens with one attached hydrogen (secondary N) is 2. The van der Waals surface area contributed by atoms with Crippen molar-refractivity contribution in [3.8, 4) is 11.5 Å². The van der Waals surface area contributed by atoms with Crippen LogP contribution in [0.4, 0.5) is 0 Å². The van der Waals surface area contributed by atoms with Crippen molar-refractivity contribution in [1.82, 2.24) is 10.6 Å². The van der Waals surface area contributed by atoms with E-state index >= 15 is 0 Å². The molecule has 6 heteroatoms. The molecule has 3 rings (SSSR count). The first kappa shape index (κ1) is 15.7. The van der Waals surface area contributed by atoms with Gasteiger partial charge in [0, 0.05) is 18.7 Å². The second kappa shape index (κ2) is 7.33. The largest absolute Gasteiger partial charge is 0.486 e. The molecule has 0 aliphatic carbocycles. The Hall–Kier alpha value is -1.72. The molecular weight excluding hydrogens is 292 g/mol. The number of benzene rings is 1. The summed E-state index contributed by atoms with van der Waals surface area (Å²) in [4.78, 5) is 12.1. The molecule has 1 aromatic carbocycles. The van der Waals surface area contributed by atoms with Crippen molar-refractivity contribution in [2.24, 2.45) is 0 Å². The van der Waals surface area contributed by atoms with Crippen molar-refractivity contribution in [3.63, 3.8) is 0 Å². The topological polar surface area (TPSA) is 59.6 Å². The zero-order valence-electron chi connectivity index (χ0n) is 11.7. The maximum absolute atomic E-state index is 12.1. The van der Waals surface area contributed by atoms with Crippen molar-refractivity contribution in [2.75, 3.05) is 32.8 Å². The van der Waals surface area contributed by atoms with Crippen molar-refractivity contribution < 1.29 is 14.3 Å². The van der Waals surface area contributed by atoms with E-state index in [0.717, 1.165) is 19.5 Å². The highest BCUT2D eigenvalue weighted by Crippen LogP contribution is 2.30. The number of halogens is 1. The second-order valence-corrected chi connectivity index (χ2v) is 4.86. The highest BCUT2D eigenvalue weighted by Gasteiger charge is 2.15. The van der Waals surface area contributed by atoms with Crippen molar-refractivity contribution in [1.29, 1.82) is 0 Å². The third-order valence-corrected chi connectivity index (χ3v) is 3.44. The van der Waals surface area contributed by atoms with Crippen LogP contribution in [0.3, 0.4) is 0 Å². The summed E-state index contributed by atoms with van der Waals surface area (Å²) in [6.45, 7) is 3.55. The van der Waals surface area contributed by atoms with Crippen LogP contribution in [0.5, 0.6) is 11.5 Å². The number of ether oxygens (including phenoxy) is 2. The van der Waals surface area contributed by atoms with Gasteiger partial charge in [0.05, 0.1) is 0 Å². The van der Waals surface area contributed by atoms with Gasteiger partial charge in [-0.3, -0.25) is 4.79 Å². The molecule has 114 valence electrons.